The minimum Gasteiger partial charge on any atom is -0.272 e. The van der Waals surface area contributed by atoms with Crippen LogP contribution in [0, 0.1) is 11.3 Å². The van der Waals surface area contributed by atoms with Crippen LogP contribution in [0.1, 0.15) is 31.1 Å². The van der Waals surface area contributed by atoms with E-state index in [0.717, 1.165) is 10.0 Å². The Bertz CT molecular complexity index is 570. The maximum absolute atomic E-state index is 12.6. The molecule has 0 amide bonds. The number of carbonyl (C=O) groups is 1. The Balaban J connectivity index is 2.25. The van der Waals surface area contributed by atoms with Crippen molar-refractivity contribution in [3.8, 4) is 0 Å². The van der Waals surface area contributed by atoms with E-state index < -0.39 is 0 Å². The maximum atomic E-state index is 12.6. The third kappa shape index (κ3) is 3.54. The van der Waals surface area contributed by atoms with Crippen molar-refractivity contribution in [2.75, 3.05) is 0 Å². The standard InChI is InChI=1S/C15H18BrN3O/c1-15(2,3)13(14(20)19-10-17-9-18-19)8-11-4-6-12(16)7-5-11/h4-7,9-10,13H,8H2,1-3H3. The lowest BCUT2D eigenvalue weighted by atomic mass is 9.76. The van der Waals surface area contributed by atoms with E-state index in [4.69, 9.17) is 0 Å². The normalized spacial score (nSPS) is 13.2. The molecule has 0 fully saturated rings. The lowest BCUT2D eigenvalue weighted by Gasteiger charge is -2.29. The molecule has 0 aliphatic heterocycles. The van der Waals surface area contributed by atoms with Crippen molar-refractivity contribution in [1.82, 2.24) is 14.8 Å². The molecule has 0 radical (unpaired) electrons. The van der Waals surface area contributed by atoms with Gasteiger partial charge in [0.15, 0.2) is 0 Å². The average Bonchev–Trinajstić information content (AvgIpc) is 2.89. The molecule has 0 aliphatic rings. The number of benzene rings is 1. The average molecular weight is 336 g/mol. The first-order valence-electron chi connectivity index (χ1n) is 6.51. The fraction of sp³-hybridized carbons (Fsp3) is 0.400. The Morgan fingerprint density at radius 2 is 1.95 bits per heavy atom. The van der Waals surface area contributed by atoms with Gasteiger partial charge < -0.3 is 0 Å². The molecule has 0 saturated heterocycles. The lowest BCUT2D eigenvalue weighted by molar-refractivity contribution is 0.0706. The van der Waals surface area contributed by atoms with E-state index in [2.05, 4.69) is 46.8 Å². The van der Waals surface area contributed by atoms with Crippen LogP contribution in [0.15, 0.2) is 41.4 Å². The number of rotatable bonds is 3. The fourth-order valence-electron chi connectivity index (χ4n) is 2.10. The highest BCUT2D eigenvalue weighted by Gasteiger charge is 2.32. The summed E-state index contributed by atoms with van der Waals surface area (Å²) in [6.45, 7) is 6.22. The molecule has 1 aromatic heterocycles. The molecule has 4 nitrogen and oxygen atoms in total. The monoisotopic (exact) mass is 335 g/mol. The Morgan fingerprint density at radius 1 is 1.30 bits per heavy atom. The molecule has 1 heterocycles. The van der Waals surface area contributed by atoms with Crippen molar-refractivity contribution in [2.24, 2.45) is 11.3 Å². The molecule has 0 spiro atoms. The smallest absolute Gasteiger partial charge is 0.252 e. The van der Waals surface area contributed by atoms with Gasteiger partial charge in [-0.25, -0.2) is 4.98 Å². The molecular formula is C15H18BrN3O. The zero-order valence-electron chi connectivity index (χ0n) is 11.9. The van der Waals surface area contributed by atoms with Crippen molar-refractivity contribution in [3.05, 3.63) is 47.0 Å². The zero-order valence-corrected chi connectivity index (χ0v) is 13.5. The van der Waals surface area contributed by atoms with Crippen LogP contribution < -0.4 is 0 Å². The molecule has 2 aromatic rings. The van der Waals surface area contributed by atoms with Crippen molar-refractivity contribution in [1.29, 1.82) is 0 Å². The second kappa shape index (κ2) is 5.87. The summed E-state index contributed by atoms with van der Waals surface area (Å²) in [6.07, 6.45) is 3.54. The number of aromatic nitrogens is 3. The lowest BCUT2D eigenvalue weighted by Crippen LogP contribution is -2.34. The van der Waals surface area contributed by atoms with Crippen LogP contribution in [-0.2, 0) is 6.42 Å². The van der Waals surface area contributed by atoms with Crippen LogP contribution in [0.4, 0.5) is 0 Å². The second-order valence-corrected chi connectivity index (χ2v) is 6.84. The van der Waals surface area contributed by atoms with E-state index in [0.29, 0.717) is 6.42 Å². The minimum absolute atomic E-state index is 0.0158. The molecule has 0 saturated carbocycles. The van der Waals surface area contributed by atoms with Crippen LogP contribution in [0.5, 0.6) is 0 Å². The van der Waals surface area contributed by atoms with E-state index in [-0.39, 0.29) is 17.2 Å². The summed E-state index contributed by atoms with van der Waals surface area (Å²) in [7, 11) is 0. The van der Waals surface area contributed by atoms with Gasteiger partial charge in [-0.2, -0.15) is 9.78 Å². The molecule has 2 rings (SSSR count). The topological polar surface area (TPSA) is 47.8 Å². The molecule has 5 heteroatoms. The Morgan fingerprint density at radius 3 is 2.45 bits per heavy atom. The van der Waals surface area contributed by atoms with E-state index in [9.17, 15) is 4.79 Å². The van der Waals surface area contributed by atoms with Crippen molar-refractivity contribution < 1.29 is 4.79 Å². The third-order valence-corrected chi connectivity index (χ3v) is 3.87. The summed E-state index contributed by atoms with van der Waals surface area (Å²) < 4.78 is 2.37. The summed E-state index contributed by atoms with van der Waals surface area (Å²) in [5, 5.41) is 3.95. The summed E-state index contributed by atoms with van der Waals surface area (Å²) in [6, 6.07) is 8.07. The highest BCUT2D eigenvalue weighted by molar-refractivity contribution is 9.10. The summed E-state index contributed by atoms with van der Waals surface area (Å²) in [5.41, 5.74) is 0.998. The Kier molecular flexibility index (Phi) is 4.38. The second-order valence-electron chi connectivity index (χ2n) is 5.93. The summed E-state index contributed by atoms with van der Waals surface area (Å²) in [5.74, 6) is -0.164. The molecule has 20 heavy (non-hydrogen) atoms. The van der Waals surface area contributed by atoms with Crippen molar-refractivity contribution in [3.63, 3.8) is 0 Å². The molecule has 0 aliphatic carbocycles. The van der Waals surface area contributed by atoms with Crippen molar-refractivity contribution in [2.45, 2.75) is 27.2 Å². The van der Waals surface area contributed by atoms with E-state index in [1.165, 1.54) is 17.3 Å². The van der Waals surface area contributed by atoms with Gasteiger partial charge in [0.25, 0.3) is 5.91 Å². The largest absolute Gasteiger partial charge is 0.272 e. The highest BCUT2D eigenvalue weighted by Crippen LogP contribution is 2.30. The van der Waals surface area contributed by atoms with Crippen molar-refractivity contribution >= 4 is 21.8 Å². The first kappa shape index (κ1) is 14.9. The quantitative estimate of drug-likeness (QED) is 0.861. The summed E-state index contributed by atoms with van der Waals surface area (Å²) >= 11 is 3.42. The first-order valence-corrected chi connectivity index (χ1v) is 7.30. The number of nitrogens with zero attached hydrogens (tertiary/aromatic N) is 3. The zero-order chi connectivity index (χ0) is 14.8. The molecule has 1 unspecified atom stereocenters. The van der Waals surface area contributed by atoms with Gasteiger partial charge in [-0.15, -0.1) is 0 Å². The minimum atomic E-state index is -0.148. The van der Waals surface area contributed by atoms with Crippen LogP contribution >= 0.6 is 15.9 Å². The van der Waals surface area contributed by atoms with Gasteiger partial charge in [-0.1, -0.05) is 48.8 Å². The van der Waals surface area contributed by atoms with Gasteiger partial charge in [0.05, 0.1) is 0 Å². The van der Waals surface area contributed by atoms with Gasteiger partial charge in [0.1, 0.15) is 12.7 Å². The SMILES string of the molecule is CC(C)(C)C(Cc1ccc(Br)cc1)C(=O)n1cncn1. The highest BCUT2D eigenvalue weighted by atomic mass is 79.9. The predicted molar refractivity (Wildman–Crippen MR) is 81.4 cm³/mol. The number of carbonyl (C=O) groups excluding carboxylic acids is 1. The van der Waals surface area contributed by atoms with Gasteiger partial charge in [0.2, 0.25) is 0 Å². The van der Waals surface area contributed by atoms with E-state index >= 15 is 0 Å². The number of halogens is 1. The van der Waals surface area contributed by atoms with Gasteiger partial charge >= 0.3 is 0 Å². The van der Waals surface area contributed by atoms with Crippen LogP contribution in [-0.4, -0.2) is 20.7 Å². The van der Waals surface area contributed by atoms with Gasteiger partial charge in [-0.3, -0.25) is 4.79 Å². The molecule has 0 bridgehead atoms. The Hall–Kier alpha value is -1.49. The fourth-order valence-corrected chi connectivity index (χ4v) is 2.37. The molecular weight excluding hydrogens is 318 g/mol. The first-order chi connectivity index (χ1) is 9.38. The number of hydrogen-bond acceptors (Lipinski definition) is 3. The molecule has 106 valence electrons. The maximum Gasteiger partial charge on any atom is 0.252 e. The van der Waals surface area contributed by atoms with Crippen LogP contribution in [0.25, 0.3) is 0 Å². The molecule has 1 aromatic carbocycles. The Labute approximate surface area is 127 Å². The van der Waals surface area contributed by atoms with Gasteiger partial charge in [0, 0.05) is 10.4 Å². The van der Waals surface area contributed by atoms with Gasteiger partial charge in [-0.05, 0) is 29.5 Å². The number of hydrogen-bond donors (Lipinski definition) is 0. The molecule has 0 N–H and O–H groups in total. The van der Waals surface area contributed by atoms with Crippen LogP contribution in [0.2, 0.25) is 0 Å². The predicted octanol–water partition coefficient (Wildman–Crippen LogP) is 3.59. The van der Waals surface area contributed by atoms with Crippen LogP contribution in [0.3, 0.4) is 0 Å². The molecule has 1 atom stereocenters. The van der Waals surface area contributed by atoms with E-state index in [1.54, 1.807) is 0 Å². The third-order valence-electron chi connectivity index (χ3n) is 3.34. The summed E-state index contributed by atoms with van der Waals surface area (Å²) in [4.78, 5) is 16.4. The van der Waals surface area contributed by atoms with E-state index in [1.807, 2.05) is 24.3 Å².